The minimum atomic E-state index is -4.90. The first-order chi connectivity index (χ1) is 13.8. The zero-order valence-electron chi connectivity index (χ0n) is 15.3. The molecule has 0 radical (unpaired) electrons. The fourth-order valence-electron chi connectivity index (χ4n) is 2.68. The normalized spacial score (nSPS) is 11.6. The van der Waals surface area contributed by atoms with Crippen LogP contribution in [0, 0.1) is 12.7 Å². The smallest absolute Gasteiger partial charge is 0.351 e. The summed E-state index contributed by atoms with van der Waals surface area (Å²) in [5, 5.41) is 12.2. The first-order valence-corrected chi connectivity index (χ1v) is 9.61. The molecule has 0 unspecified atom stereocenters. The van der Waals surface area contributed by atoms with Gasteiger partial charge in [0, 0.05) is 17.6 Å². The second-order valence-corrected chi connectivity index (χ2v) is 7.21. The highest BCUT2D eigenvalue weighted by Gasteiger charge is 2.42. The molecule has 3 rings (SSSR count). The number of hydrogen-bond acceptors (Lipinski definition) is 5. The van der Waals surface area contributed by atoms with E-state index in [0.29, 0.717) is 11.1 Å². The maximum atomic E-state index is 13.5. The molecule has 0 atom stereocenters. The van der Waals surface area contributed by atoms with E-state index in [2.05, 4.69) is 20.6 Å². The number of nitrogens with zero attached hydrogens (tertiary/aromatic N) is 4. The van der Waals surface area contributed by atoms with E-state index in [0.717, 1.165) is 35.7 Å². The van der Waals surface area contributed by atoms with Crippen LogP contribution in [0.2, 0.25) is 0 Å². The van der Waals surface area contributed by atoms with Gasteiger partial charge in [-0.1, -0.05) is 11.3 Å². The number of halogens is 4. The summed E-state index contributed by atoms with van der Waals surface area (Å²) >= 11 is 1.55. The Kier molecular flexibility index (Phi) is 6.26. The highest BCUT2D eigenvalue weighted by atomic mass is 32.1. The number of thiazole rings is 1. The van der Waals surface area contributed by atoms with Crippen LogP contribution in [-0.2, 0) is 12.6 Å². The van der Waals surface area contributed by atoms with E-state index in [-0.39, 0.29) is 12.2 Å². The van der Waals surface area contributed by atoms with Crippen LogP contribution >= 0.6 is 11.3 Å². The van der Waals surface area contributed by atoms with Gasteiger partial charge in [-0.2, -0.15) is 13.2 Å². The Hall–Kier alpha value is -2.82. The Labute approximate surface area is 167 Å². The molecular formula is C18H17F4N5OS. The molecule has 0 bridgehead atoms. The molecule has 154 valence electrons. The molecule has 1 amide bonds. The van der Waals surface area contributed by atoms with Gasteiger partial charge in [-0.3, -0.25) is 4.79 Å². The quantitative estimate of drug-likeness (QED) is 0.458. The lowest BCUT2D eigenvalue weighted by Crippen LogP contribution is -2.28. The molecule has 0 aliphatic rings. The molecule has 0 saturated carbocycles. The van der Waals surface area contributed by atoms with Crippen LogP contribution in [0.5, 0.6) is 0 Å². The molecule has 0 spiro atoms. The molecule has 11 heteroatoms. The van der Waals surface area contributed by atoms with Crippen molar-refractivity contribution in [1.29, 1.82) is 0 Å². The van der Waals surface area contributed by atoms with Gasteiger partial charge in [-0.15, -0.1) is 16.4 Å². The van der Waals surface area contributed by atoms with Gasteiger partial charge in [0.2, 0.25) is 0 Å². The van der Waals surface area contributed by atoms with Gasteiger partial charge in [0.05, 0.1) is 10.7 Å². The zero-order valence-corrected chi connectivity index (χ0v) is 16.1. The van der Waals surface area contributed by atoms with E-state index < -0.39 is 29.3 Å². The number of alkyl halides is 3. The molecular weight excluding hydrogens is 410 g/mol. The number of aryl methyl sites for hydroxylation is 2. The summed E-state index contributed by atoms with van der Waals surface area (Å²) in [5.74, 6) is -1.71. The van der Waals surface area contributed by atoms with Crippen LogP contribution in [0.1, 0.15) is 39.7 Å². The average molecular weight is 427 g/mol. The van der Waals surface area contributed by atoms with Gasteiger partial charge in [-0.05, 0) is 44.4 Å². The summed E-state index contributed by atoms with van der Waals surface area (Å²) in [4.78, 5) is 16.6. The van der Waals surface area contributed by atoms with Crippen molar-refractivity contribution in [3.05, 3.63) is 57.6 Å². The predicted molar refractivity (Wildman–Crippen MR) is 98.4 cm³/mol. The lowest BCUT2D eigenvalue weighted by molar-refractivity contribution is -0.143. The molecule has 0 fully saturated rings. The van der Waals surface area contributed by atoms with Crippen molar-refractivity contribution >= 4 is 17.2 Å². The summed E-state index contributed by atoms with van der Waals surface area (Å²) < 4.78 is 54.4. The number of benzene rings is 1. The number of nitrogens with one attached hydrogen (secondary N) is 1. The molecule has 29 heavy (non-hydrogen) atoms. The Morgan fingerprint density at radius 2 is 2.07 bits per heavy atom. The number of carbonyl (C=O) groups excluding carboxylic acids is 1. The van der Waals surface area contributed by atoms with Gasteiger partial charge >= 0.3 is 6.18 Å². The van der Waals surface area contributed by atoms with Crippen molar-refractivity contribution in [3.63, 3.8) is 0 Å². The van der Waals surface area contributed by atoms with E-state index in [1.54, 1.807) is 11.3 Å². The minimum absolute atomic E-state index is 0.178. The molecule has 6 nitrogen and oxygen atoms in total. The van der Waals surface area contributed by atoms with Crippen LogP contribution < -0.4 is 5.32 Å². The first kappa shape index (κ1) is 20.9. The van der Waals surface area contributed by atoms with Gasteiger partial charge in [-0.25, -0.2) is 14.1 Å². The summed E-state index contributed by atoms with van der Waals surface area (Å²) in [6.45, 7) is 2.09. The summed E-state index contributed by atoms with van der Waals surface area (Å²) in [5.41, 5.74) is -1.43. The number of aromatic nitrogens is 4. The van der Waals surface area contributed by atoms with Crippen LogP contribution in [0.3, 0.4) is 0 Å². The number of rotatable bonds is 7. The Balaban J connectivity index is 1.67. The summed E-state index contributed by atoms with van der Waals surface area (Å²) in [6, 6.07) is 4.46. The molecule has 1 aromatic carbocycles. The third-order valence-corrected chi connectivity index (χ3v) is 5.00. The predicted octanol–water partition coefficient (Wildman–Crippen LogP) is 3.94. The largest absolute Gasteiger partial charge is 0.435 e. The molecule has 1 N–H and O–H groups in total. The number of unbranched alkanes of at least 4 members (excludes halogenated alkanes) is 1. The second-order valence-electron chi connectivity index (χ2n) is 6.27. The van der Waals surface area contributed by atoms with Crippen LogP contribution in [0.15, 0.2) is 29.6 Å². The van der Waals surface area contributed by atoms with Gasteiger partial charge < -0.3 is 5.32 Å². The fourth-order valence-corrected chi connectivity index (χ4v) is 3.50. The molecule has 3 aromatic rings. The maximum absolute atomic E-state index is 13.5. The summed E-state index contributed by atoms with van der Waals surface area (Å²) in [7, 11) is 0. The van der Waals surface area contributed by atoms with E-state index in [1.807, 2.05) is 12.3 Å². The van der Waals surface area contributed by atoms with Gasteiger partial charge in [0.1, 0.15) is 5.82 Å². The topological polar surface area (TPSA) is 72.7 Å². The number of hydrogen-bond donors (Lipinski definition) is 1. The van der Waals surface area contributed by atoms with Crippen molar-refractivity contribution in [2.75, 3.05) is 6.54 Å². The SMILES string of the molecule is Cc1csc(CCCCNC(=O)c2nnn(-c3cccc(F)c3)c2C(F)(F)F)n1. The van der Waals surface area contributed by atoms with E-state index in [4.69, 9.17) is 0 Å². The summed E-state index contributed by atoms with van der Waals surface area (Å²) in [6.07, 6.45) is -2.86. The Morgan fingerprint density at radius 3 is 2.72 bits per heavy atom. The molecule has 2 aromatic heterocycles. The van der Waals surface area contributed by atoms with E-state index in [9.17, 15) is 22.4 Å². The third kappa shape index (κ3) is 5.17. The average Bonchev–Trinajstić information content (AvgIpc) is 3.27. The molecule has 0 aliphatic carbocycles. The van der Waals surface area contributed by atoms with Crippen molar-refractivity contribution in [2.24, 2.45) is 0 Å². The van der Waals surface area contributed by atoms with Gasteiger partial charge in [0.15, 0.2) is 11.4 Å². The highest BCUT2D eigenvalue weighted by Crippen LogP contribution is 2.32. The third-order valence-electron chi connectivity index (χ3n) is 3.98. The Morgan fingerprint density at radius 1 is 1.28 bits per heavy atom. The molecule has 0 saturated heterocycles. The van der Waals surface area contributed by atoms with Gasteiger partial charge in [0.25, 0.3) is 5.91 Å². The van der Waals surface area contributed by atoms with Crippen molar-refractivity contribution in [1.82, 2.24) is 25.3 Å². The maximum Gasteiger partial charge on any atom is 0.435 e. The zero-order chi connectivity index (χ0) is 21.0. The highest BCUT2D eigenvalue weighted by molar-refractivity contribution is 7.09. The Bertz CT molecular complexity index is 998. The molecule has 2 heterocycles. The standard InChI is InChI=1S/C18H17F4N5OS/c1-11-10-29-14(24-11)7-2-3-8-23-17(28)15-16(18(20,21)22)27(26-25-15)13-6-4-5-12(19)9-13/h4-6,9-10H,2-3,7-8H2,1H3,(H,23,28). The fraction of sp³-hybridized carbons (Fsp3) is 0.333. The minimum Gasteiger partial charge on any atom is -0.351 e. The van der Waals surface area contributed by atoms with Crippen LogP contribution in [0.25, 0.3) is 5.69 Å². The van der Waals surface area contributed by atoms with E-state index in [1.165, 1.54) is 12.1 Å². The second kappa shape index (κ2) is 8.68. The lowest BCUT2D eigenvalue weighted by Gasteiger charge is -2.11. The monoisotopic (exact) mass is 427 g/mol. The van der Waals surface area contributed by atoms with E-state index >= 15 is 0 Å². The lowest BCUT2D eigenvalue weighted by atomic mass is 10.2. The van der Waals surface area contributed by atoms with Crippen molar-refractivity contribution in [2.45, 2.75) is 32.4 Å². The van der Waals surface area contributed by atoms with Crippen LogP contribution in [0.4, 0.5) is 17.6 Å². The van der Waals surface area contributed by atoms with Crippen molar-refractivity contribution in [3.8, 4) is 5.69 Å². The van der Waals surface area contributed by atoms with Crippen molar-refractivity contribution < 1.29 is 22.4 Å². The molecule has 0 aliphatic heterocycles. The van der Waals surface area contributed by atoms with Crippen LogP contribution in [-0.4, -0.2) is 32.4 Å². The number of amides is 1. The first-order valence-electron chi connectivity index (χ1n) is 8.74. The number of carbonyl (C=O) groups is 1.